The quantitative estimate of drug-likeness (QED) is 0.847. The summed E-state index contributed by atoms with van der Waals surface area (Å²) in [6, 6.07) is 6.44. The molecule has 0 aliphatic rings. The Labute approximate surface area is 110 Å². The number of halogens is 3. The van der Waals surface area contributed by atoms with E-state index in [9.17, 15) is 4.39 Å². The van der Waals surface area contributed by atoms with Crippen LogP contribution < -0.4 is 5.32 Å². The van der Waals surface area contributed by atoms with Crippen LogP contribution >= 0.6 is 38.9 Å². The minimum absolute atomic E-state index is 0.294. The molecule has 2 aromatic rings. The van der Waals surface area contributed by atoms with Crippen molar-refractivity contribution in [2.75, 3.05) is 5.32 Å². The number of hydrogen-bond acceptors (Lipinski definition) is 2. The zero-order chi connectivity index (χ0) is 11.5. The Hall–Kier alpha value is -0.580. The van der Waals surface area contributed by atoms with E-state index in [1.807, 2.05) is 11.4 Å². The van der Waals surface area contributed by atoms with E-state index in [1.165, 1.54) is 12.1 Å². The van der Waals surface area contributed by atoms with E-state index in [1.54, 1.807) is 17.4 Å². The summed E-state index contributed by atoms with van der Waals surface area (Å²) in [5.74, 6) is -0.294. The number of hydrogen-bond donors (Lipinski definition) is 1. The van der Waals surface area contributed by atoms with Gasteiger partial charge >= 0.3 is 0 Å². The molecule has 1 nitrogen and oxygen atoms in total. The summed E-state index contributed by atoms with van der Waals surface area (Å²) in [5.41, 5.74) is 0.424. The summed E-state index contributed by atoms with van der Waals surface area (Å²) >= 11 is 10.8. The number of nitrogens with one attached hydrogen (secondary N) is 1. The fraction of sp³-hybridized carbons (Fsp3) is 0.0909. The van der Waals surface area contributed by atoms with Crippen LogP contribution in [0.3, 0.4) is 0 Å². The second-order valence-electron chi connectivity index (χ2n) is 3.17. The highest BCUT2D eigenvalue weighted by Gasteiger charge is 2.05. The first-order valence-electron chi connectivity index (χ1n) is 4.57. The Morgan fingerprint density at radius 1 is 1.38 bits per heavy atom. The Morgan fingerprint density at radius 2 is 2.19 bits per heavy atom. The highest BCUT2D eigenvalue weighted by molar-refractivity contribution is 9.10. The first kappa shape index (κ1) is 11.9. The lowest BCUT2D eigenvalue weighted by molar-refractivity contribution is 0.630. The van der Waals surface area contributed by atoms with Crippen LogP contribution in [0.4, 0.5) is 10.1 Å². The molecule has 84 valence electrons. The Balaban J connectivity index is 2.10. The van der Waals surface area contributed by atoms with Gasteiger partial charge in [0.05, 0.1) is 12.2 Å². The van der Waals surface area contributed by atoms with Crippen LogP contribution in [0.2, 0.25) is 5.02 Å². The number of anilines is 1. The third-order valence-corrected chi connectivity index (χ3v) is 4.22. The molecule has 0 saturated heterocycles. The van der Waals surface area contributed by atoms with Crippen LogP contribution in [0, 0.1) is 5.82 Å². The molecule has 0 aliphatic carbocycles. The normalized spacial score (nSPS) is 10.4. The lowest BCUT2D eigenvalue weighted by atomic mass is 10.3. The van der Waals surface area contributed by atoms with Gasteiger partial charge in [-0.1, -0.05) is 11.6 Å². The molecule has 0 saturated carbocycles. The predicted octanol–water partition coefficient (Wildman–Crippen LogP) is 4.92. The van der Waals surface area contributed by atoms with Gasteiger partial charge in [-0.15, -0.1) is 11.3 Å². The second-order valence-corrected chi connectivity index (χ2v) is 5.46. The molecule has 1 aromatic heterocycles. The third kappa shape index (κ3) is 2.75. The molecule has 1 heterocycles. The van der Waals surface area contributed by atoms with E-state index >= 15 is 0 Å². The van der Waals surface area contributed by atoms with Gasteiger partial charge in [-0.3, -0.25) is 0 Å². The van der Waals surface area contributed by atoms with Crippen LogP contribution in [-0.4, -0.2) is 0 Å². The maximum atomic E-state index is 13.4. The average molecular weight is 321 g/mol. The number of thiophene rings is 1. The third-order valence-electron chi connectivity index (χ3n) is 2.06. The minimum Gasteiger partial charge on any atom is -0.378 e. The standard InChI is InChI=1S/C11H8BrClFNS/c12-8-3-4-16-11(8)6-15-10-5-7(13)1-2-9(10)14/h1-5,15H,6H2. The van der Waals surface area contributed by atoms with Gasteiger partial charge in [0.1, 0.15) is 5.82 Å². The predicted molar refractivity (Wildman–Crippen MR) is 70.8 cm³/mol. The topological polar surface area (TPSA) is 12.0 Å². The Morgan fingerprint density at radius 3 is 2.88 bits per heavy atom. The van der Waals surface area contributed by atoms with Crippen molar-refractivity contribution in [3.63, 3.8) is 0 Å². The molecular formula is C11H8BrClFNS. The smallest absolute Gasteiger partial charge is 0.146 e. The van der Waals surface area contributed by atoms with Crippen LogP contribution in [0.15, 0.2) is 34.1 Å². The largest absolute Gasteiger partial charge is 0.378 e. The maximum Gasteiger partial charge on any atom is 0.146 e. The Bertz CT molecular complexity index is 500. The summed E-state index contributed by atoms with van der Waals surface area (Å²) in [4.78, 5) is 1.12. The van der Waals surface area contributed by atoms with Crippen molar-refractivity contribution >= 4 is 44.6 Å². The van der Waals surface area contributed by atoms with E-state index in [-0.39, 0.29) is 5.82 Å². The summed E-state index contributed by atoms with van der Waals surface area (Å²) in [6.45, 7) is 0.579. The molecule has 0 bridgehead atoms. The summed E-state index contributed by atoms with van der Waals surface area (Å²) in [6.07, 6.45) is 0. The van der Waals surface area contributed by atoms with Gasteiger partial charge in [-0.25, -0.2) is 4.39 Å². The molecule has 1 aromatic carbocycles. The summed E-state index contributed by atoms with van der Waals surface area (Å²) in [5, 5.41) is 5.52. The average Bonchev–Trinajstić information content (AvgIpc) is 2.66. The highest BCUT2D eigenvalue weighted by Crippen LogP contribution is 2.25. The van der Waals surface area contributed by atoms with Gasteiger partial charge in [-0.05, 0) is 45.6 Å². The first-order chi connectivity index (χ1) is 7.66. The SMILES string of the molecule is Fc1ccc(Cl)cc1NCc1sccc1Br. The van der Waals surface area contributed by atoms with Crippen molar-refractivity contribution in [1.82, 2.24) is 0 Å². The van der Waals surface area contributed by atoms with Crippen molar-refractivity contribution in [1.29, 1.82) is 0 Å². The lowest BCUT2D eigenvalue weighted by Crippen LogP contribution is -2.00. The zero-order valence-electron chi connectivity index (χ0n) is 8.14. The van der Waals surface area contributed by atoms with Crippen LogP contribution in [0.5, 0.6) is 0 Å². The van der Waals surface area contributed by atoms with Crippen molar-refractivity contribution in [2.45, 2.75) is 6.54 Å². The molecule has 0 fully saturated rings. The summed E-state index contributed by atoms with van der Waals surface area (Å²) in [7, 11) is 0. The van der Waals surface area contributed by atoms with Gasteiger partial charge in [-0.2, -0.15) is 0 Å². The van der Waals surface area contributed by atoms with Crippen molar-refractivity contribution in [2.24, 2.45) is 0 Å². The van der Waals surface area contributed by atoms with E-state index < -0.39 is 0 Å². The van der Waals surface area contributed by atoms with Gasteiger partial charge in [0.25, 0.3) is 0 Å². The number of benzene rings is 1. The molecule has 0 amide bonds. The second kappa shape index (κ2) is 5.17. The van der Waals surface area contributed by atoms with Crippen LogP contribution in [0.25, 0.3) is 0 Å². The zero-order valence-corrected chi connectivity index (χ0v) is 11.3. The fourth-order valence-corrected chi connectivity index (χ4v) is 2.86. The molecule has 0 radical (unpaired) electrons. The Kier molecular flexibility index (Phi) is 3.84. The van der Waals surface area contributed by atoms with E-state index in [0.29, 0.717) is 17.3 Å². The summed E-state index contributed by atoms with van der Waals surface area (Å²) < 4.78 is 14.4. The van der Waals surface area contributed by atoms with Crippen LogP contribution in [-0.2, 0) is 6.54 Å². The molecule has 1 N–H and O–H groups in total. The molecule has 16 heavy (non-hydrogen) atoms. The van der Waals surface area contributed by atoms with E-state index in [2.05, 4.69) is 21.2 Å². The first-order valence-corrected chi connectivity index (χ1v) is 6.62. The van der Waals surface area contributed by atoms with Gasteiger partial charge in [0.2, 0.25) is 0 Å². The molecule has 0 spiro atoms. The van der Waals surface area contributed by atoms with E-state index in [0.717, 1.165) is 9.35 Å². The molecule has 0 atom stereocenters. The maximum absolute atomic E-state index is 13.4. The van der Waals surface area contributed by atoms with Crippen molar-refractivity contribution in [3.8, 4) is 0 Å². The van der Waals surface area contributed by atoms with Crippen LogP contribution in [0.1, 0.15) is 4.88 Å². The lowest BCUT2D eigenvalue weighted by Gasteiger charge is -2.07. The molecule has 2 rings (SSSR count). The van der Waals surface area contributed by atoms with Crippen molar-refractivity contribution in [3.05, 3.63) is 49.8 Å². The molecule has 0 unspecified atom stereocenters. The molecular weight excluding hydrogens is 313 g/mol. The van der Waals surface area contributed by atoms with Gasteiger partial charge < -0.3 is 5.32 Å². The minimum atomic E-state index is -0.294. The van der Waals surface area contributed by atoms with Gasteiger partial charge in [0.15, 0.2) is 0 Å². The van der Waals surface area contributed by atoms with Gasteiger partial charge in [0, 0.05) is 14.4 Å². The highest BCUT2D eigenvalue weighted by atomic mass is 79.9. The molecule has 5 heteroatoms. The molecule has 0 aliphatic heterocycles. The fourth-order valence-electron chi connectivity index (χ4n) is 1.26. The van der Waals surface area contributed by atoms with Crippen molar-refractivity contribution < 1.29 is 4.39 Å². The number of rotatable bonds is 3. The monoisotopic (exact) mass is 319 g/mol. The van der Waals surface area contributed by atoms with E-state index in [4.69, 9.17) is 11.6 Å².